The van der Waals surface area contributed by atoms with Gasteiger partial charge in [-0.3, -0.25) is 0 Å². The number of aliphatic hydroxyl groups is 6. The van der Waals surface area contributed by atoms with Crippen molar-refractivity contribution in [1.82, 2.24) is 0 Å². The van der Waals surface area contributed by atoms with E-state index in [-0.39, 0.29) is 0 Å². The fraction of sp³-hybridized carbons (Fsp3) is 1.00. The second kappa shape index (κ2) is 7.59. The Balaban J connectivity index is 2.11. The van der Waals surface area contributed by atoms with E-state index in [0.717, 1.165) is 0 Å². The molecule has 2 heterocycles. The molecule has 0 unspecified atom stereocenters. The minimum Gasteiger partial charge on any atom is -0.394 e. The summed E-state index contributed by atoms with van der Waals surface area (Å²) in [5.74, 6) is 0. The Morgan fingerprint density at radius 1 is 0.783 bits per heavy atom. The van der Waals surface area contributed by atoms with Gasteiger partial charge in [-0.15, -0.1) is 0 Å². The van der Waals surface area contributed by atoms with Gasteiger partial charge in [0, 0.05) is 0 Å². The molecule has 2 rings (SSSR count). The van der Waals surface area contributed by atoms with Crippen LogP contribution < -0.4 is 0 Å². The number of halogens is 2. The van der Waals surface area contributed by atoms with E-state index in [4.69, 9.17) is 19.7 Å². The Kier molecular flexibility index (Phi) is 6.22. The zero-order valence-electron chi connectivity index (χ0n) is 11.9. The number of alkyl halides is 2. The molecule has 10 atom stereocenters. The van der Waals surface area contributed by atoms with Gasteiger partial charge in [0.2, 0.25) is 6.36 Å². The van der Waals surface area contributed by atoms with Crippen molar-refractivity contribution in [3.8, 4) is 0 Å². The molecule has 2 saturated heterocycles. The van der Waals surface area contributed by atoms with E-state index in [1.165, 1.54) is 0 Å². The Bertz CT molecular complexity index is 386. The van der Waals surface area contributed by atoms with Crippen molar-refractivity contribution < 1.29 is 53.6 Å². The lowest BCUT2D eigenvalue weighted by atomic mass is 9.97. The van der Waals surface area contributed by atoms with Gasteiger partial charge in [0.1, 0.15) is 42.7 Å². The summed E-state index contributed by atoms with van der Waals surface area (Å²) in [4.78, 5) is 0. The van der Waals surface area contributed by atoms with Crippen molar-refractivity contribution in [2.75, 3.05) is 13.2 Å². The molecule has 0 aromatic rings. The molecule has 2 aliphatic heterocycles. The van der Waals surface area contributed by atoms with Gasteiger partial charge in [-0.1, -0.05) is 0 Å². The monoisotopic (exact) mass is 346 g/mol. The average Bonchev–Trinajstić information content (AvgIpc) is 2.55. The van der Waals surface area contributed by atoms with Crippen LogP contribution in [0, 0.1) is 0 Å². The third kappa shape index (κ3) is 3.62. The van der Waals surface area contributed by atoms with E-state index < -0.39 is 74.8 Å². The first kappa shape index (κ1) is 18.8. The highest BCUT2D eigenvalue weighted by Crippen LogP contribution is 2.30. The van der Waals surface area contributed by atoms with Gasteiger partial charge < -0.3 is 44.8 Å². The topological polar surface area (TPSA) is 149 Å². The molecule has 11 heteroatoms. The highest BCUT2D eigenvalue weighted by molar-refractivity contribution is 4.93. The van der Waals surface area contributed by atoms with E-state index in [2.05, 4.69) is 4.74 Å². The standard InChI is InChI=1S/C12H20F2O9/c13-5-7(18)10(4(2-16)21-11(5)14)23-12-9(20)8(19)6(17)3(1-15)22-12/h3-12,15-20H,1-2H2/t3-,4-,5+,6+,7-,8+,9-,10-,11-,12+/m1/s1. The highest BCUT2D eigenvalue weighted by atomic mass is 19.2. The zero-order valence-corrected chi connectivity index (χ0v) is 11.9. The van der Waals surface area contributed by atoms with E-state index in [0.29, 0.717) is 0 Å². The smallest absolute Gasteiger partial charge is 0.233 e. The summed E-state index contributed by atoms with van der Waals surface area (Å²) in [6, 6.07) is 0. The molecule has 0 spiro atoms. The molecule has 2 fully saturated rings. The van der Waals surface area contributed by atoms with Gasteiger partial charge >= 0.3 is 0 Å². The number of rotatable bonds is 4. The first-order valence-corrected chi connectivity index (χ1v) is 7.00. The Morgan fingerprint density at radius 3 is 1.96 bits per heavy atom. The molecule has 23 heavy (non-hydrogen) atoms. The summed E-state index contributed by atoms with van der Waals surface area (Å²) >= 11 is 0. The van der Waals surface area contributed by atoms with Gasteiger partial charge in [-0.05, 0) is 0 Å². The molecule has 0 radical (unpaired) electrons. The molecular weight excluding hydrogens is 326 g/mol. The van der Waals surface area contributed by atoms with Crippen molar-refractivity contribution in [1.29, 1.82) is 0 Å². The predicted molar refractivity (Wildman–Crippen MR) is 66.4 cm³/mol. The molecule has 2 aliphatic rings. The van der Waals surface area contributed by atoms with E-state index >= 15 is 0 Å². The SMILES string of the molecule is OC[C@H]1O[C@@H](O[C@H]2[C@H](O)[C@H](F)[C@H](F)O[C@@H]2CO)[C@H](O)[C@@H](O)[C@H]1O. The van der Waals surface area contributed by atoms with Crippen LogP contribution in [0.3, 0.4) is 0 Å². The van der Waals surface area contributed by atoms with Crippen molar-refractivity contribution in [3.05, 3.63) is 0 Å². The largest absolute Gasteiger partial charge is 0.394 e. The van der Waals surface area contributed by atoms with E-state index in [1.54, 1.807) is 0 Å². The van der Waals surface area contributed by atoms with Crippen molar-refractivity contribution >= 4 is 0 Å². The molecule has 0 amide bonds. The number of hydrogen-bond acceptors (Lipinski definition) is 9. The molecule has 0 saturated carbocycles. The molecule has 0 bridgehead atoms. The first-order valence-electron chi connectivity index (χ1n) is 7.00. The summed E-state index contributed by atoms with van der Waals surface area (Å²) in [6.45, 7) is -1.53. The molecule has 0 aromatic heterocycles. The summed E-state index contributed by atoms with van der Waals surface area (Å²) in [7, 11) is 0. The van der Waals surface area contributed by atoms with E-state index in [9.17, 15) is 29.2 Å². The molecule has 6 N–H and O–H groups in total. The second-order valence-corrected chi connectivity index (χ2v) is 5.44. The van der Waals surface area contributed by atoms with Gasteiger partial charge in [-0.25, -0.2) is 8.78 Å². The van der Waals surface area contributed by atoms with Crippen LogP contribution in [0.25, 0.3) is 0 Å². The third-order valence-corrected chi connectivity index (χ3v) is 3.90. The zero-order chi connectivity index (χ0) is 17.3. The maximum Gasteiger partial charge on any atom is 0.233 e. The maximum absolute atomic E-state index is 13.5. The van der Waals surface area contributed by atoms with Gasteiger partial charge in [0.05, 0.1) is 13.2 Å². The molecule has 0 aromatic carbocycles. The fourth-order valence-corrected chi connectivity index (χ4v) is 2.53. The van der Waals surface area contributed by atoms with Crippen LogP contribution in [-0.2, 0) is 14.2 Å². The first-order chi connectivity index (χ1) is 10.8. The van der Waals surface area contributed by atoms with Crippen LogP contribution in [0.15, 0.2) is 0 Å². The normalized spacial score (nSPS) is 51.7. The fourth-order valence-electron chi connectivity index (χ4n) is 2.53. The van der Waals surface area contributed by atoms with Crippen molar-refractivity contribution in [3.63, 3.8) is 0 Å². The second-order valence-electron chi connectivity index (χ2n) is 5.44. The summed E-state index contributed by atoms with van der Waals surface area (Å²) in [5, 5.41) is 57.0. The van der Waals surface area contributed by atoms with Crippen LogP contribution in [0.4, 0.5) is 8.78 Å². The number of hydrogen-bond donors (Lipinski definition) is 6. The number of aliphatic hydroxyl groups excluding tert-OH is 6. The van der Waals surface area contributed by atoms with Crippen LogP contribution >= 0.6 is 0 Å². The van der Waals surface area contributed by atoms with Gasteiger partial charge in [-0.2, -0.15) is 0 Å². The Hall–Kier alpha value is -0.500. The quantitative estimate of drug-likeness (QED) is 0.306. The number of ether oxygens (including phenoxy) is 3. The summed E-state index contributed by atoms with van der Waals surface area (Å²) in [5.41, 5.74) is 0. The minimum absolute atomic E-state index is 0.712. The Morgan fingerprint density at radius 2 is 1.39 bits per heavy atom. The third-order valence-electron chi connectivity index (χ3n) is 3.90. The predicted octanol–water partition coefficient (Wildman–Crippen LogP) is -3.44. The highest BCUT2D eigenvalue weighted by Gasteiger charge is 2.51. The molecule has 0 aliphatic carbocycles. The minimum atomic E-state index is -2.46. The van der Waals surface area contributed by atoms with Crippen LogP contribution in [0.5, 0.6) is 0 Å². The van der Waals surface area contributed by atoms with Crippen LogP contribution in [0.1, 0.15) is 0 Å². The van der Waals surface area contributed by atoms with Crippen molar-refractivity contribution in [2.45, 2.75) is 61.5 Å². The molecule has 9 nitrogen and oxygen atoms in total. The van der Waals surface area contributed by atoms with Gasteiger partial charge in [0.15, 0.2) is 12.5 Å². The van der Waals surface area contributed by atoms with Crippen molar-refractivity contribution in [2.24, 2.45) is 0 Å². The average molecular weight is 346 g/mol. The molecule has 136 valence electrons. The van der Waals surface area contributed by atoms with Gasteiger partial charge in [0.25, 0.3) is 0 Å². The van der Waals surface area contributed by atoms with Crippen LogP contribution in [0.2, 0.25) is 0 Å². The lowest BCUT2D eigenvalue weighted by molar-refractivity contribution is -0.345. The molecular formula is C12H20F2O9. The Labute approximate surface area is 129 Å². The maximum atomic E-state index is 13.5. The lowest BCUT2D eigenvalue weighted by Gasteiger charge is -2.44. The van der Waals surface area contributed by atoms with E-state index in [1.807, 2.05) is 0 Å². The van der Waals surface area contributed by atoms with Crippen LogP contribution in [-0.4, -0.2) is 105 Å². The summed E-state index contributed by atoms with van der Waals surface area (Å²) < 4.78 is 41.4. The lowest BCUT2D eigenvalue weighted by Crippen LogP contribution is -2.63. The summed E-state index contributed by atoms with van der Waals surface area (Å²) in [6.07, 6.45) is -18.1.